The molecule has 1 atom stereocenters. The summed E-state index contributed by atoms with van der Waals surface area (Å²) in [5.41, 5.74) is 4.15. The first-order valence-electron chi connectivity index (χ1n) is 10.5. The Balaban J connectivity index is 1.34. The van der Waals surface area contributed by atoms with Crippen LogP contribution in [-0.2, 0) is 32.2 Å². The fourth-order valence-electron chi connectivity index (χ4n) is 4.21. The maximum Gasteiger partial charge on any atom is 0.191 e. The Morgan fingerprint density at radius 2 is 2.11 bits per heavy atom. The minimum Gasteiger partial charge on any atom is -0.357 e. The van der Waals surface area contributed by atoms with Crippen molar-refractivity contribution in [3.05, 3.63) is 53.1 Å². The van der Waals surface area contributed by atoms with Gasteiger partial charge in [0, 0.05) is 44.7 Å². The highest BCUT2D eigenvalue weighted by molar-refractivity contribution is 5.80. The van der Waals surface area contributed by atoms with Crippen LogP contribution in [0.1, 0.15) is 48.8 Å². The number of benzene rings is 1. The van der Waals surface area contributed by atoms with E-state index in [-0.39, 0.29) is 0 Å². The van der Waals surface area contributed by atoms with Crippen molar-refractivity contribution in [3.8, 4) is 0 Å². The molecule has 0 amide bonds. The highest BCUT2D eigenvalue weighted by Crippen LogP contribution is 2.21. The van der Waals surface area contributed by atoms with Gasteiger partial charge in [-0.3, -0.25) is 4.99 Å². The molecular weight excluding hydrogens is 334 g/mol. The van der Waals surface area contributed by atoms with Crippen molar-refractivity contribution in [2.24, 2.45) is 4.99 Å². The number of fused-ring (bicyclic) bond motifs is 2. The first kappa shape index (κ1) is 18.1. The Kier molecular flexibility index (Phi) is 5.75. The van der Waals surface area contributed by atoms with E-state index < -0.39 is 0 Å². The number of imidazole rings is 1. The van der Waals surface area contributed by atoms with Gasteiger partial charge in [0.1, 0.15) is 5.82 Å². The molecule has 144 valence electrons. The van der Waals surface area contributed by atoms with Gasteiger partial charge >= 0.3 is 0 Å². The summed E-state index contributed by atoms with van der Waals surface area (Å²) in [5, 5.41) is 7.05. The van der Waals surface area contributed by atoms with Crippen molar-refractivity contribution in [2.45, 2.75) is 64.5 Å². The quantitative estimate of drug-likeness (QED) is 0.633. The highest BCUT2D eigenvalue weighted by atomic mass is 15.2. The monoisotopic (exact) mass is 365 g/mol. The topological polar surface area (TPSA) is 54.2 Å². The Bertz CT molecular complexity index is 768. The van der Waals surface area contributed by atoms with Crippen LogP contribution in [0.25, 0.3) is 0 Å². The third kappa shape index (κ3) is 4.52. The summed E-state index contributed by atoms with van der Waals surface area (Å²) in [6.07, 6.45) is 10.2. The summed E-state index contributed by atoms with van der Waals surface area (Å²) in [4.78, 5) is 9.60. The molecule has 27 heavy (non-hydrogen) atoms. The number of aromatic nitrogens is 2. The zero-order valence-corrected chi connectivity index (χ0v) is 16.4. The summed E-state index contributed by atoms with van der Waals surface area (Å²) >= 11 is 0. The number of guanidine groups is 1. The van der Waals surface area contributed by atoms with Crippen LogP contribution < -0.4 is 10.6 Å². The number of aliphatic imine (C=N–C) groups is 1. The van der Waals surface area contributed by atoms with Gasteiger partial charge in [0.2, 0.25) is 0 Å². The van der Waals surface area contributed by atoms with Crippen molar-refractivity contribution in [3.63, 3.8) is 0 Å². The van der Waals surface area contributed by atoms with E-state index in [1.807, 2.05) is 0 Å². The standard InChI is InChI=1S/C22H31N5/c1-2-23-22(26-19-11-10-17-7-3-4-8-18(17)15-19)24-13-12-20-16-27-14-6-5-9-21(27)25-20/h3-4,7-8,16,19H,2,5-6,9-15H2,1H3,(H2,23,24,26). The van der Waals surface area contributed by atoms with Crippen LogP contribution in [-0.4, -0.2) is 34.6 Å². The first-order chi connectivity index (χ1) is 13.3. The lowest BCUT2D eigenvalue weighted by Gasteiger charge is -2.27. The summed E-state index contributed by atoms with van der Waals surface area (Å²) < 4.78 is 2.32. The zero-order valence-electron chi connectivity index (χ0n) is 16.4. The summed E-state index contributed by atoms with van der Waals surface area (Å²) in [7, 11) is 0. The maximum atomic E-state index is 4.81. The van der Waals surface area contributed by atoms with Gasteiger partial charge in [-0.2, -0.15) is 0 Å². The fraction of sp³-hybridized carbons (Fsp3) is 0.545. The van der Waals surface area contributed by atoms with E-state index in [4.69, 9.17) is 9.98 Å². The molecule has 1 unspecified atom stereocenters. The number of aryl methyl sites for hydroxylation is 3. The Morgan fingerprint density at radius 1 is 1.22 bits per heavy atom. The van der Waals surface area contributed by atoms with E-state index in [0.717, 1.165) is 57.7 Å². The largest absolute Gasteiger partial charge is 0.357 e. The number of hydrogen-bond donors (Lipinski definition) is 2. The third-order valence-corrected chi connectivity index (χ3v) is 5.63. The van der Waals surface area contributed by atoms with Crippen LogP contribution in [0.5, 0.6) is 0 Å². The number of hydrogen-bond acceptors (Lipinski definition) is 2. The second-order valence-electron chi connectivity index (χ2n) is 7.66. The molecule has 1 aromatic carbocycles. The molecule has 0 saturated heterocycles. The fourth-order valence-corrected chi connectivity index (χ4v) is 4.21. The molecule has 1 aliphatic carbocycles. The van der Waals surface area contributed by atoms with Gasteiger partial charge in [-0.25, -0.2) is 4.98 Å². The normalized spacial score (nSPS) is 19.3. The van der Waals surface area contributed by atoms with E-state index in [1.54, 1.807) is 0 Å². The minimum absolute atomic E-state index is 0.456. The van der Waals surface area contributed by atoms with Gasteiger partial charge in [-0.1, -0.05) is 24.3 Å². The summed E-state index contributed by atoms with van der Waals surface area (Å²) in [6.45, 7) is 4.90. The SMILES string of the molecule is CCNC(=NCCc1cn2c(n1)CCCC2)NC1CCc2ccccc2C1. The molecule has 2 aliphatic rings. The van der Waals surface area contributed by atoms with E-state index in [0.29, 0.717) is 6.04 Å². The van der Waals surface area contributed by atoms with Crippen molar-refractivity contribution < 1.29 is 0 Å². The van der Waals surface area contributed by atoms with Gasteiger partial charge in [0.25, 0.3) is 0 Å². The lowest BCUT2D eigenvalue weighted by Crippen LogP contribution is -2.45. The molecule has 0 fully saturated rings. The van der Waals surface area contributed by atoms with Crippen molar-refractivity contribution in [1.29, 1.82) is 0 Å². The molecule has 1 aliphatic heterocycles. The van der Waals surface area contributed by atoms with Crippen LogP contribution in [0.3, 0.4) is 0 Å². The van der Waals surface area contributed by atoms with Gasteiger partial charge in [-0.05, 0) is 50.2 Å². The van der Waals surface area contributed by atoms with E-state index in [9.17, 15) is 0 Å². The highest BCUT2D eigenvalue weighted by Gasteiger charge is 2.19. The summed E-state index contributed by atoms with van der Waals surface area (Å²) in [5.74, 6) is 2.19. The molecule has 2 heterocycles. The predicted molar refractivity (Wildman–Crippen MR) is 110 cm³/mol. The van der Waals surface area contributed by atoms with Crippen LogP contribution in [0.4, 0.5) is 0 Å². The molecule has 4 rings (SSSR count). The van der Waals surface area contributed by atoms with Gasteiger partial charge in [-0.15, -0.1) is 0 Å². The van der Waals surface area contributed by atoms with Gasteiger partial charge < -0.3 is 15.2 Å². The smallest absolute Gasteiger partial charge is 0.191 e. The zero-order chi connectivity index (χ0) is 18.5. The van der Waals surface area contributed by atoms with Crippen LogP contribution >= 0.6 is 0 Å². The average molecular weight is 366 g/mol. The number of nitrogens with one attached hydrogen (secondary N) is 2. The third-order valence-electron chi connectivity index (χ3n) is 5.63. The second kappa shape index (κ2) is 8.59. The van der Waals surface area contributed by atoms with Crippen LogP contribution in [0.15, 0.2) is 35.5 Å². The molecule has 0 radical (unpaired) electrons. The predicted octanol–water partition coefficient (Wildman–Crippen LogP) is 2.87. The van der Waals surface area contributed by atoms with Crippen LogP contribution in [0, 0.1) is 0 Å². The number of nitrogens with zero attached hydrogens (tertiary/aromatic N) is 3. The molecular formula is C22H31N5. The van der Waals surface area contributed by atoms with Crippen LogP contribution in [0.2, 0.25) is 0 Å². The Morgan fingerprint density at radius 3 is 2.96 bits per heavy atom. The van der Waals surface area contributed by atoms with E-state index in [1.165, 1.54) is 35.5 Å². The van der Waals surface area contributed by atoms with Crippen molar-refractivity contribution >= 4 is 5.96 Å². The average Bonchev–Trinajstić information content (AvgIpc) is 3.11. The lowest BCUT2D eigenvalue weighted by atomic mass is 9.88. The first-order valence-corrected chi connectivity index (χ1v) is 10.5. The van der Waals surface area contributed by atoms with E-state index in [2.05, 4.69) is 52.6 Å². The molecule has 0 bridgehead atoms. The Labute approximate surface area is 162 Å². The molecule has 0 saturated carbocycles. The Hall–Kier alpha value is -2.30. The lowest BCUT2D eigenvalue weighted by molar-refractivity contribution is 0.520. The van der Waals surface area contributed by atoms with Gasteiger partial charge in [0.05, 0.1) is 5.69 Å². The number of rotatable bonds is 5. The molecule has 5 nitrogen and oxygen atoms in total. The molecule has 0 spiro atoms. The molecule has 1 aromatic heterocycles. The minimum atomic E-state index is 0.456. The molecule has 2 aromatic rings. The van der Waals surface area contributed by atoms with Crippen molar-refractivity contribution in [1.82, 2.24) is 20.2 Å². The maximum absolute atomic E-state index is 4.81. The summed E-state index contributed by atoms with van der Waals surface area (Å²) in [6, 6.07) is 9.26. The second-order valence-corrected chi connectivity index (χ2v) is 7.66. The van der Waals surface area contributed by atoms with Gasteiger partial charge in [0.15, 0.2) is 5.96 Å². The van der Waals surface area contributed by atoms with E-state index >= 15 is 0 Å². The molecule has 5 heteroatoms. The molecule has 2 N–H and O–H groups in total. The van der Waals surface area contributed by atoms with Crippen molar-refractivity contribution in [2.75, 3.05) is 13.1 Å².